The van der Waals surface area contributed by atoms with E-state index in [1.165, 1.54) is 43.1 Å². The second-order valence-corrected chi connectivity index (χ2v) is 5.69. The number of hydrogen-bond donors (Lipinski definition) is 4. The zero-order chi connectivity index (χ0) is 20.3. The second kappa shape index (κ2) is 7.85. The van der Waals surface area contributed by atoms with Crippen molar-refractivity contribution >= 4 is 17.8 Å². The number of hydrogen-bond acceptors (Lipinski definition) is 8. The largest absolute Gasteiger partial charge is 0.508 e. The van der Waals surface area contributed by atoms with Gasteiger partial charge < -0.3 is 35.4 Å². The molecule has 1 aliphatic rings. The maximum absolute atomic E-state index is 12.5. The smallest absolute Gasteiger partial charge is 0.345 e. The monoisotopic (exact) mass is 378 g/mol. The van der Waals surface area contributed by atoms with Gasteiger partial charge in [0.05, 0.1) is 0 Å². The highest BCUT2D eigenvalue weighted by Gasteiger charge is 2.43. The summed E-state index contributed by atoms with van der Waals surface area (Å²) in [7, 11) is 4.37. The highest BCUT2D eigenvalue weighted by Crippen LogP contribution is 2.31. The normalized spacial score (nSPS) is 16.4. The number of esters is 1. The van der Waals surface area contributed by atoms with E-state index in [4.69, 9.17) is 4.74 Å². The molecule has 2 rings (SSSR count). The summed E-state index contributed by atoms with van der Waals surface area (Å²) in [5, 5.41) is 24.1. The molecule has 0 saturated carbocycles. The van der Waals surface area contributed by atoms with Crippen LogP contribution in [0.15, 0.2) is 29.6 Å². The highest BCUT2D eigenvalue weighted by molar-refractivity contribution is 6.04. The van der Waals surface area contributed by atoms with Crippen molar-refractivity contribution in [2.24, 2.45) is 0 Å². The fraction of sp³-hybridized carbons (Fsp3) is 0.353. The summed E-state index contributed by atoms with van der Waals surface area (Å²) in [6.07, 6.45) is -1.07. The van der Waals surface area contributed by atoms with Crippen LogP contribution in [-0.2, 0) is 14.3 Å². The molecule has 0 aromatic heterocycles. The second-order valence-electron chi connectivity index (χ2n) is 5.69. The van der Waals surface area contributed by atoms with Gasteiger partial charge in [0.25, 0.3) is 18.2 Å². The molecule has 1 aromatic rings. The molecule has 0 bridgehead atoms. The van der Waals surface area contributed by atoms with Crippen molar-refractivity contribution in [1.82, 2.24) is 20.4 Å². The van der Waals surface area contributed by atoms with E-state index in [1.807, 2.05) is 0 Å². The topological polar surface area (TPSA) is 131 Å². The lowest BCUT2D eigenvalue weighted by atomic mass is 10.2. The van der Waals surface area contributed by atoms with E-state index in [1.54, 1.807) is 6.92 Å². The molecule has 0 saturated heterocycles. The van der Waals surface area contributed by atoms with Crippen LogP contribution >= 0.6 is 0 Å². The Morgan fingerprint density at radius 1 is 1.11 bits per heavy atom. The van der Waals surface area contributed by atoms with E-state index in [9.17, 15) is 24.6 Å². The van der Waals surface area contributed by atoms with Crippen molar-refractivity contribution in [2.45, 2.75) is 13.3 Å². The van der Waals surface area contributed by atoms with Gasteiger partial charge in [-0.05, 0) is 19.1 Å². The number of ether oxygens (including phenoxy) is 1. The molecule has 2 amide bonds. The molecular formula is C17H22N4O6. The number of nitrogens with zero attached hydrogens (tertiary/aromatic N) is 2. The van der Waals surface area contributed by atoms with E-state index in [-0.39, 0.29) is 29.3 Å². The minimum atomic E-state index is -1.07. The van der Waals surface area contributed by atoms with Crippen LogP contribution in [0.1, 0.15) is 17.3 Å². The van der Waals surface area contributed by atoms with Crippen molar-refractivity contribution in [2.75, 3.05) is 27.7 Å². The van der Waals surface area contributed by atoms with Crippen LogP contribution in [0.3, 0.4) is 0 Å². The van der Waals surface area contributed by atoms with Gasteiger partial charge in [-0.25, -0.2) is 4.79 Å². The van der Waals surface area contributed by atoms with E-state index >= 15 is 0 Å². The number of amides is 2. The summed E-state index contributed by atoms with van der Waals surface area (Å²) in [6, 6.07) is 3.46. The lowest BCUT2D eigenvalue weighted by Gasteiger charge is -2.30. The van der Waals surface area contributed by atoms with Crippen molar-refractivity contribution < 1.29 is 29.3 Å². The zero-order valence-corrected chi connectivity index (χ0v) is 15.4. The lowest BCUT2D eigenvalue weighted by molar-refractivity contribution is -0.121. The standard InChI is InChI=1S/C17H22N4O6/c1-5-21-13(15(25)19-3)12(14(24)18-2)20(4)17(21)27-16(26)10-7-6-9(22)8-11(10)23/h6-8,17,22-23H,5H2,1-4H3,(H,18,24)(H,19,25). The molecule has 10 heteroatoms. The van der Waals surface area contributed by atoms with Crippen LogP contribution in [0.5, 0.6) is 11.5 Å². The average molecular weight is 378 g/mol. The molecule has 0 aliphatic carbocycles. The Hall–Kier alpha value is -3.43. The third-order valence-electron chi connectivity index (χ3n) is 4.10. The fourth-order valence-corrected chi connectivity index (χ4v) is 2.78. The van der Waals surface area contributed by atoms with Crippen molar-refractivity contribution in [3.63, 3.8) is 0 Å². The van der Waals surface area contributed by atoms with Crippen LogP contribution in [0.4, 0.5) is 0 Å². The van der Waals surface area contributed by atoms with Gasteiger partial charge in [0.2, 0.25) is 0 Å². The Kier molecular flexibility index (Phi) is 5.78. The third kappa shape index (κ3) is 3.59. The summed E-state index contributed by atoms with van der Waals surface area (Å²) in [6.45, 7) is 2.01. The number of aromatic hydroxyl groups is 2. The summed E-state index contributed by atoms with van der Waals surface area (Å²) < 4.78 is 5.45. The van der Waals surface area contributed by atoms with Crippen molar-refractivity contribution in [1.29, 1.82) is 0 Å². The van der Waals surface area contributed by atoms with E-state index < -0.39 is 29.9 Å². The van der Waals surface area contributed by atoms with Gasteiger partial charge >= 0.3 is 5.97 Å². The quantitative estimate of drug-likeness (QED) is 0.505. The summed E-state index contributed by atoms with van der Waals surface area (Å²) in [5.41, 5.74) is -0.0480. The predicted molar refractivity (Wildman–Crippen MR) is 94.3 cm³/mol. The van der Waals surface area contributed by atoms with Gasteiger partial charge in [-0.1, -0.05) is 0 Å². The molecule has 0 spiro atoms. The van der Waals surface area contributed by atoms with Crippen LogP contribution < -0.4 is 10.6 Å². The SMILES string of the molecule is CCN1C(C(=O)NC)=C(C(=O)NC)N(C)C1OC(=O)c1ccc(O)cc1O. The first-order valence-electron chi connectivity index (χ1n) is 8.17. The molecule has 1 aliphatic heterocycles. The summed E-state index contributed by atoms with van der Waals surface area (Å²) in [4.78, 5) is 39.9. The Morgan fingerprint density at radius 3 is 2.22 bits per heavy atom. The van der Waals surface area contributed by atoms with Crippen molar-refractivity contribution in [3.8, 4) is 11.5 Å². The van der Waals surface area contributed by atoms with Gasteiger partial charge in [-0.3, -0.25) is 9.59 Å². The van der Waals surface area contributed by atoms with Crippen molar-refractivity contribution in [3.05, 3.63) is 35.2 Å². The Bertz CT molecular complexity index is 807. The highest BCUT2D eigenvalue weighted by atomic mass is 16.6. The molecule has 1 aromatic carbocycles. The Balaban J connectivity index is 2.39. The maximum Gasteiger partial charge on any atom is 0.345 e. The van der Waals surface area contributed by atoms with Gasteiger partial charge in [-0.15, -0.1) is 0 Å². The van der Waals surface area contributed by atoms with Gasteiger partial charge in [-0.2, -0.15) is 0 Å². The first kappa shape index (κ1) is 19.9. The fourth-order valence-electron chi connectivity index (χ4n) is 2.78. The number of likely N-dealkylation sites (N-methyl/N-ethyl adjacent to an activating group) is 4. The molecule has 0 fully saturated rings. The number of nitrogens with one attached hydrogen (secondary N) is 2. The summed E-state index contributed by atoms with van der Waals surface area (Å²) >= 11 is 0. The van der Waals surface area contributed by atoms with Gasteiger partial charge in [0, 0.05) is 33.8 Å². The lowest BCUT2D eigenvalue weighted by Crippen LogP contribution is -2.44. The molecule has 1 heterocycles. The Morgan fingerprint density at radius 2 is 1.70 bits per heavy atom. The molecule has 0 radical (unpaired) electrons. The van der Waals surface area contributed by atoms with Crippen LogP contribution in [-0.4, -0.2) is 71.8 Å². The number of benzene rings is 1. The molecule has 27 heavy (non-hydrogen) atoms. The molecule has 1 unspecified atom stereocenters. The minimum absolute atomic E-state index is 0.0476. The number of carbonyl (C=O) groups excluding carboxylic acids is 3. The third-order valence-corrected chi connectivity index (χ3v) is 4.10. The van der Waals surface area contributed by atoms with Crippen LogP contribution in [0.25, 0.3) is 0 Å². The summed E-state index contributed by atoms with van der Waals surface area (Å²) in [5.74, 6) is -2.55. The maximum atomic E-state index is 12.5. The van der Waals surface area contributed by atoms with E-state index in [0.717, 1.165) is 6.07 Å². The first-order chi connectivity index (χ1) is 12.8. The van der Waals surface area contributed by atoms with Crippen LogP contribution in [0, 0.1) is 0 Å². The molecule has 10 nitrogen and oxygen atoms in total. The number of phenolic OH excluding ortho intramolecular Hbond substituents is 2. The van der Waals surface area contributed by atoms with E-state index in [0.29, 0.717) is 0 Å². The zero-order valence-electron chi connectivity index (χ0n) is 15.4. The average Bonchev–Trinajstić information content (AvgIpc) is 2.92. The molecular weight excluding hydrogens is 356 g/mol. The predicted octanol–water partition coefficient (Wildman–Crippen LogP) is -0.491. The molecule has 4 N–H and O–H groups in total. The molecule has 1 atom stereocenters. The minimum Gasteiger partial charge on any atom is -0.508 e. The van der Waals surface area contributed by atoms with Crippen LogP contribution in [0.2, 0.25) is 0 Å². The van der Waals surface area contributed by atoms with Gasteiger partial charge in [0.15, 0.2) is 0 Å². The Labute approximate surface area is 156 Å². The van der Waals surface area contributed by atoms with Gasteiger partial charge in [0.1, 0.15) is 28.5 Å². The van der Waals surface area contributed by atoms with E-state index in [2.05, 4.69) is 10.6 Å². The number of carbonyl (C=O) groups is 3. The number of phenols is 2. The number of rotatable bonds is 5. The first-order valence-corrected chi connectivity index (χ1v) is 8.17. The molecule has 146 valence electrons.